The van der Waals surface area contributed by atoms with E-state index in [-0.39, 0.29) is 11.7 Å². The third-order valence-corrected chi connectivity index (χ3v) is 3.98. The summed E-state index contributed by atoms with van der Waals surface area (Å²) in [7, 11) is 0. The van der Waals surface area contributed by atoms with Crippen LogP contribution in [-0.4, -0.2) is 21.2 Å². The highest BCUT2D eigenvalue weighted by atomic mass is 16.4. The van der Waals surface area contributed by atoms with Gasteiger partial charge < -0.3 is 15.5 Å². The van der Waals surface area contributed by atoms with Crippen molar-refractivity contribution < 1.29 is 15.0 Å². The van der Waals surface area contributed by atoms with E-state index in [0.717, 1.165) is 25.7 Å². The Bertz CT molecular complexity index is 534. The van der Waals surface area contributed by atoms with Crippen LogP contribution < -0.4 is 5.32 Å². The predicted molar refractivity (Wildman–Crippen MR) is 81.1 cm³/mol. The first-order chi connectivity index (χ1) is 10.1. The third-order valence-electron chi connectivity index (χ3n) is 3.98. The highest BCUT2D eigenvalue weighted by molar-refractivity contribution is 5.89. The van der Waals surface area contributed by atoms with Gasteiger partial charge in [0.2, 0.25) is 0 Å². The summed E-state index contributed by atoms with van der Waals surface area (Å²) in [5.74, 6) is -0.452. The molecule has 1 aromatic rings. The molecule has 1 saturated carbocycles. The van der Waals surface area contributed by atoms with Gasteiger partial charge >= 0.3 is 5.97 Å². The van der Waals surface area contributed by atoms with Gasteiger partial charge in [0.25, 0.3) is 0 Å². The van der Waals surface area contributed by atoms with Gasteiger partial charge in [0.05, 0.1) is 5.57 Å². The van der Waals surface area contributed by atoms with E-state index < -0.39 is 5.97 Å². The zero-order valence-electron chi connectivity index (χ0n) is 12.3. The number of carboxylic acid groups (broad SMARTS) is 1. The second-order valence-corrected chi connectivity index (χ2v) is 5.38. The first kappa shape index (κ1) is 15.4. The van der Waals surface area contributed by atoms with Gasteiger partial charge in [0.1, 0.15) is 0 Å². The van der Waals surface area contributed by atoms with E-state index in [1.807, 2.05) is 6.92 Å². The lowest BCUT2D eigenvalue weighted by molar-refractivity contribution is -0.133. The number of carbonyl (C=O) groups is 1. The van der Waals surface area contributed by atoms with Crippen LogP contribution in [0.25, 0.3) is 0 Å². The van der Waals surface area contributed by atoms with Gasteiger partial charge in [-0.3, -0.25) is 0 Å². The van der Waals surface area contributed by atoms with Crippen LogP contribution in [0.2, 0.25) is 0 Å². The molecule has 1 fully saturated rings. The Hall–Kier alpha value is -2.04. The number of aromatic hydroxyl groups is 1. The number of aromatic nitrogens is 1. The summed E-state index contributed by atoms with van der Waals surface area (Å²) in [5.41, 5.74) is 1.09. The van der Waals surface area contributed by atoms with Crippen molar-refractivity contribution in [2.24, 2.45) is 5.92 Å². The lowest BCUT2D eigenvalue weighted by atomic mass is 9.82. The monoisotopic (exact) mass is 290 g/mol. The molecular formula is C16H22N2O3. The molecule has 1 heterocycles. The second-order valence-electron chi connectivity index (χ2n) is 5.38. The summed E-state index contributed by atoms with van der Waals surface area (Å²) < 4.78 is 0. The molecule has 0 aliphatic heterocycles. The summed E-state index contributed by atoms with van der Waals surface area (Å²) in [5, 5.41) is 22.4. The summed E-state index contributed by atoms with van der Waals surface area (Å²) in [6, 6.07) is 3.17. The molecule has 0 unspecified atom stereocenters. The lowest BCUT2D eigenvalue weighted by Crippen LogP contribution is -2.20. The number of aliphatic carboxylic acids is 1. The van der Waals surface area contributed by atoms with Crippen LogP contribution in [0.1, 0.15) is 45.4 Å². The molecule has 3 N–H and O–H groups in total. The van der Waals surface area contributed by atoms with Crippen LogP contribution in [0.3, 0.4) is 0 Å². The number of pyridine rings is 1. The van der Waals surface area contributed by atoms with Crippen molar-refractivity contribution in [2.45, 2.75) is 45.4 Å². The number of nitrogens with one attached hydrogen (secondary N) is 1. The van der Waals surface area contributed by atoms with Gasteiger partial charge in [-0.1, -0.05) is 26.2 Å². The molecule has 2 rings (SSSR count). The Balaban J connectivity index is 2.32. The number of nitrogens with zero attached hydrogens (tertiary/aromatic N) is 1. The van der Waals surface area contributed by atoms with E-state index in [0.29, 0.717) is 23.5 Å². The molecule has 0 aromatic carbocycles. The maximum Gasteiger partial charge on any atom is 0.333 e. The maximum atomic E-state index is 11.7. The minimum atomic E-state index is -0.873. The van der Waals surface area contributed by atoms with Crippen molar-refractivity contribution >= 4 is 11.8 Å². The Kier molecular flexibility index (Phi) is 5.20. The van der Waals surface area contributed by atoms with Crippen molar-refractivity contribution in [2.75, 3.05) is 5.32 Å². The van der Waals surface area contributed by atoms with E-state index in [4.69, 9.17) is 0 Å². The van der Waals surface area contributed by atoms with Crippen molar-refractivity contribution in [3.63, 3.8) is 0 Å². The van der Waals surface area contributed by atoms with Gasteiger partial charge in [-0.2, -0.15) is 0 Å². The molecule has 21 heavy (non-hydrogen) atoms. The van der Waals surface area contributed by atoms with Gasteiger partial charge in [0.15, 0.2) is 11.6 Å². The fourth-order valence-electron chi connectivity index (χ4n) is 2.92. The van der Waals surface area contributed by atoms with Gasteiger partial charge in [-0.15, -0.1) is 0 Å². The fourth-order valence-corrected chi connectivity index (χ4v) is 2.92. The largest absolute Gasteiger partial charge is 0.504 e. The smallest absolute Gasteiger partial charge is 0.333 e. The van der Waals surface area contributed by atoms with Crippen LogP contribution >= 0.6 is 0 Å². The molecule has 1 aromatic heterocycles. The van der Waals surface area contributed by atoms with Crippen molar-refractivity contribution in [3.05, 3.63) is 29.6 Å². The quantitative estimate of drug-likeness (QED) is 0.723. The van der Waals surface area contributed by atoms with Gasteiger partial charge in [-0.25, -0.2) is 9.78 Å². The normalized spacial score (nSPS) is 17.2. The zero-order valence-corrected chi connectivity index (χ0v) is 12.3. The molecule has 5 nitrogen and oxygen atoms in total. The number of anilines is 1. The standard InChI is InChI=1S/C16H22N2O3/c1-2-12(18-15-13(19)9-6-10-17-15)14(16(20)21)11-7-4-3-5-8-11/h6,9-11,19H,2-5,7-8H2,1H3,(H,17,18)(H,20,21)/b14-12-. The molecule has 0 bridgehead atoms. The molecule has 0 atom stereocenters. The summed E-state index contributed by atoms with van der Waals surface area (Å²) in [6.45, 7) is 1.91. The van der Waals surface area contributed by atoms with Crippen LogP contribution in [0.5, 0.6) is 5.75 Å². The average molecular weight is 290 g/mol. The topological polar surface area (TPSA) is 82.5 Å². The van der Waals surface area contributed by atoms with Crippen LogP contribution in [0.4, 0.5) is 5.82 Å². The summed E-state index contributed by atoms with van der Waals surface area (Å²) >= 11 is 0. The van der Waals surface area contributed by atoms with Crippen LogP contribution in [0, 0.1) is 5.92 Å². The van der Waals surface area contributed by atoms with Gasteiger partial charge in [0, 0.05) is 11.9 Å². The van der Waals surface area contributed by atoms with Crippen LogP contribution in [0.15, 0.2) is 29.6 Å². The minimum Gasteiger partial charge on any atom is -0.504 e. The van der Waals surface area contributed by atoms with Crippen molar-refractivity contribution in [1.82, 2.24) is 4.98 Å². The average Bonchev–Trinajstić information content (AvgIpc) is 2.49. The molecule has 1 aliphatic carbocycles. The second kappa shape index (κ2) is 7.11. The van der Waals surface area contributed by atoms with E-state index in [1.54, 1.807) is 12.3 Å². The fraction of sp³-hybridized carbons (Fsp3) is 0.500. The molecule has 0 saturated heterocycles. The zero-order chi connectivity index (χ0) is 15.2. The summed E-state index contributed by atoms with van der Waals surface area (Å²) in [6.07, 6.45) is 7.30. The Morgan fingerprint density at radius 1 is 1.38 bits per heavy atom. The SMILES string of the molecule is CC/C(Nc1ncccc1O)=C(/C(=O)O)C1CCCCC1. The van der Waals surface area contributed by atoms with E-state index in [9.17, 15) is 15.0 Å². The number of carboxylic acids is 1. The highest BCUT2D eigenvalue weighted by Gasteiger charge is 2.26. The molecule has 0 amide bonds. The molecule has 1 aliphatic rings. The summed E-state index contributed by atoms with van der Waals surface area (Å²) in [4.78, 5) is 15.8. The first-order valence-corrected chi connectivity index (χ1v) is 7.50. The van der Waals surface area contributed by atoms with Crippen molar-refractivity contribution in [3.8, 4) is 5.75 Å². The molecule has 0 spiro atoms. The van der Waals surface area contributed by atoms with E-state index in [2.05, 4.69) is 10.3 Å². The third kappa shape index (κ3) is 3.74. The van der Waals surface area contributed by atoms with Crippen molar-refractivity contribution in [1.29, 1.82) is 0 Å². The number of hydrogen-bond acceptors (Lipinski definition) is 4. The highest BCUT2D eigenvalue weighted by Crippen LogP contribution is 2.33. The number of hydrogen-bond donors (Lipinski definition) is 3. The number of rotatable bonds is 5. The Morgan fingerprint density at radius 3 is 2.67 bits per heavy atom. The molecule has 5 heteroatoms. The minimum absolute atomic E-state index is 0.0248. The number of allylic oxidation sites excluding steroid dienone is 1. The maximum absolute atomic E-state index is 11.7. The van der Waals surface area contributed by atoms with E-state index >= 15 is 0 Å². The Morgan fingerprint density at radius 2 is 2.10 bits per heavy atom. The molecule has 114 valence electrons. The molecular weight excluding hydrogens is 268 g/mol. The lowest BCUT2D eigenvalue weighted by Gasteiger charge is -2.25. The Labute approximate surface area is 124 Å². The van der Waals surface area contributed by atoms with Gasteiger partial charge in [-0.05, 0) is 37.3 Å². The first-order valence-electron chi connectivity index (χ1n) is 7.50. The predicted octanol–water partition coefficient (Wildman–Crippen LogP) is 3.53. The van der Waals surface area contributed by atoms with E-state index in [1.165, 1.54) is 12.5 Å². The van der Waals surface area contributed by atoms with Crippen LogP contribution in [-0.2, 0) is 4.79 Å². The molecule has 0 radical (unpaired) electrons.